The van der Waals surface area contributed by atoms with Gasteiger partial charge in [-0.15, -0.1) is 0 Å². The number of hydrogen-bond donors (Lipinski definition) is 0. The highest BCUT2D eigenvalue weighted by Gasteiger charge is 2.62. The van der Waals surface area contributed by atoms with Crippen molar-refractivity contribution in [2.75, 3.05) is 13.2 Å². The summed E-state index contributed by atoms with van der Waals surface area (Å²) < 4.78 is 16.5. The predicted molar refractivity (Wildman–Crippen MR) is 116 cm³/mol. The topological polar surface area (TPSA) is 21.7 Å². The van der Waals surface area contributed by atoms with E-state index in [0.29, 0.717) is 5.54 Å². The van der Waals surface area contributed by atoms with Gasteiger partial charge in [-0.2, -0.15) is 0 Å². The zero-order chi connectivity index (χ0) is 19.7. The van der Waals surface area contributed by atoms with E-state index in [4.69, 9.17) is 8.85 Å². The molecule has 0 bridgehead atoms. The van der Waals surface area contributed by atoms with Crippen LogP contribution in [0.15, 0.2) is 0 Å². The Hall–Kier alpha value is 0.0969. The zero-order valence-electron chi connectivity index (χ0n) is 19.0. The van der Waals surface area contributed by atoms with Gasteiger partial charge in [0.1, 0.15) is 0 Å². The molecule has 0 radical (unpaired) electrons. The van der Waals surface area contributed by atoms with E-state index >= 15 is 0 Å². The Morgan fingerprint density at radius 2 is 1.33 bits per heavy atom. The first kappa shape index (κ1) is 21.8. The molecule has 3 fully saturated rings. The lowest BCUT2D eigenvalue weighted by Crippen LogP contribution is -2.75. The van der Waals surface area contributed by atoms with Gasteiger partial charge < -0.3 is 8.85 Å². The Labute approximate surface area is 169 Å². The molecular formula is C23H45NO2Si. The van der Waals surface area contributed by atoms with Crippen LogP contribution in [0.25, 0.3) is 0 Å². The first-order chi connectivity index (χ1) is 12.8. The Balaban J connectivity index is 1.98. The molecule has 27 heavy (non-hydrogen) atoms. The van der Waals surface area contributed by atoms with Gasteiger partial charge in [0, 0.05) is 29.8 Å². The number of rotatable bonds is 6. The third kappa shape index (κ3) is 4.20. The van der Waals surface area contributed by atoms with Crippen molar-refractivity contribution in [2.24, 2.45) is 11.8 Å². The van der Waals surface area contributed by atoms with Crippen LogP contribution < -0.4 is 0 Å². The molecule has 2 aliphatic carbocycles. The van der Waals surface area contributed by atoms with Crippen molar-refractivity contribution in [2.45, 2.75) is 122 Å². The summed E-state index contributed by atoms with van der Waals surface area (Å²) in [7, 11) is -2.51. The molecule has 3 nitrogen and oxygen atoms in total. The van der Waals surface area contributed by atoms with Crippen LogP contribution in [-0.4, -0.2) is 37.6 Å². The van der Waals surface area contributed by atoms with Gasteiger partial charge in [0.2, 0.25) is 0 Å². The molecule has 0 aromatic carbocycles. The second-order valence-electron chi connectivity index (χ2n) is 10.6. The average Bonchev–Trinajstić information content (AvgIpc) is 2.60. The van der Waals surface area contributed by atoms with Gasteiger partial charge in [-0.3, -0.25) is 4.57 Å². The Morgan fingerprint density at radius 1 is 0.778 bits per heavy atom. The molecule has 0 spiro atoms. The first-order valence-corrected chi connectivity index (χ1v) is 13.7. The monoisotopic (exact) mass is 395 g/mol. The molecule has 3 unspecified atom stereocenters. The molecule has 3 aliphatic rings. The van der Waals surface area contributed by atoms with Crippen LogP contribution in [0.2, 0.25) is 5.54 Å². The smallest absolute Gasteiger partial charge is 0.383 e. The lowest BCUT2D eigenvalue weighted by atomic mass is 9.71. The molecule has 1 heterocycles. The SMILES string of the molecule is CCO[Si](OCC)(C1CCC2CCCCC2C1)N1C(C)(C)CCCC1(C)C. The maximum atomic E-state index is 6.84. The highest BCUT2D eigenvalue weighted by atomic mass is 28.4. The van der Waals surface area contributed by atoms with Gasteiger partial charge in [-0.25, -0.2) is 0 Å². The van der Waals surface area contributed by atoms with Gasteiger partial charge in [0.25, 0.3) is 0 Å². The summed E-state index contributed by atoms with van der Waals surface area (Å²) in [5.41, 5.74) is 0.928. The van der Waals surface area contributed by atoms with Crippen molar-refractivity contribution in [1.82, 2.24) is 4.57 Å². The quantitative estimate of drug-likeness (QED) is 0.486. The third-order valence-electron chi connectivity index (χ3n) is 7.86. The largest absolute Gasteiger partial charge is 0.431 e. The third-order valence-corrected chi connectivity index (χ3v) is 12.7. The van der Waals surface area contributed by atoms with Crippen molar-refractivity contribution < 1.29 is 8.85 Å². The van der Waals surface area contributed by atoms with E-state index in [9.17, 15) is 0 Å². The fraction of sp³-hybridized carbons (Fsp3) is 1.00. The van der Waals surface area contributed by atoms with Crippen LogP contribution in [0, 0.1) is 11.8 Å². The maximum Gasteiger partial charge on any atom is 0.431 e. The van der Waals surface area contributed by atoms with Crippen molar-refractivity contribution in [3.8, 4) is 0 Å². The summed E-state index contributed by atoms with van der Waals surface area (Å²) in [5, 5.41) is 0. The highest BCUT2D eigenvalue weighted by molar-refractivity contribution is 6.66. The Kier molecular flexibility index (Phi) is 6.82. The van der Waals surface area contributed by atoms with Gasteiger partial charge in [-0.05, 0) is 91.9 Å². The van der Waals surface area contributed by atoms with E-state index in [0.717, 1.165) is 25.0 Å². The molecule has 0 amide bonds. The predicted octanol–water partition coefficient (Wildman–Crippen LogP) is 6.40. The number of nitrogens with zero attached hydrogens (tertiary/aromatic N) is 1. The number of piperidine rings is 1. The molecule has 0 N–H and O–H groups in total. The van der Waals surface area contributed by atoms with Crippen LogP contribution in [0.4, 0.5) is 0 Å². The summed E-state index contributed by atoms with van der Waals surface area (Å²) in [6, 6.07) is 0. The zero-order valence-corrected chi connectivity index (χ0v) is 20.0. The summed E-state index contributed by atoms with van der Waals surface area (Å²) in [4.78, 5) is 0. The van der Waals surface area contributed by atoms with Crippen LogP contribution in [0.1, 0.15) is 106 Å². The minimum atomic E-state index is -2.51. The van der Waals surface area contributed by atoms with Crippen molar-refractivity contribution in [1.29, 1.82) is 0 Å². The van der Waals surface area contributed by atoms with Gasteiger partial charge in [0.05, 0.1) is 0 Å². The summed E-state index contributed by atoms with van der Waals surface area (Å²) in [6.45, 7) is 15.7. The average molecular weight is 396 g/mol. The fourth-order valence-electron chi connectivity index (χ4n) is 7.05. The second kappa shape index (κ2) is 8.45. The lowest BCUT2D eigenvalue weighted by Gasteiger charge is -2.61. The molecule has 1 saturated heterocycles. The van der Waals surface area contributed by atoms with E-state index in [1.807, 2.05) is 0 Å². The standard InChI is InChI=1S/C23H45NO2Si/c1-7-25-27(26-8-2,24-22(3,4)16-11-17-23(24,5)6)21-15-14-19-12-9-10-13-20(19)18-21/h19-21H,7-18H2,1-6H3. The first-order valence-electron chi connectivity index (χ1n) is 11.8. The molecule has 1 aliphatic heterocycles. The summed E-state index contributed by atoms with van der Waals surface area (Å²) in [6.07, 6.45) is 13.7. The van der Waals surface area contributed by atoms with E-state index in [1.165, 1.54) is 64.2 Å². The van der Waals surface area contributed by atoms with E-state index in [-0.39, 0.29) is 11.1 Å². The second-order valence-corrected chi connectivity index (χ2v) is 13.7. The van der Waals surface area contributed by atoms with Gasteiger partial charge in [-0.1, -0.05) is 25.7 Å². The summed E-state index contributed by atoms with van der Waals surface area (Å²) in [5.74, 6) is 1.90. The van der Waals surface area contributed by atoms with Crippen molar-refractivity contribution in [3.05, 3.63) is 0 Å². The minimum absolute atomic E-state index is 0.154. The number of fused-ring (bicyclic) bond motifs is 1. The van der Waals surface area contributed by atoms with Gasteiger partial charge >= 0.3 is 8.72 Å². The minimum Gasteiger partial charge on any atom is -0.383 e. The lowest BCUT2D eigenvalue weighted by molar-refractivity contribution is -0.0292. The molecule has 3 rings (SSSR count). The molecule has 3 atom stereocenters. The van der Waals surface area contributed by atoms with Crippen molar-refractivity contribution >= 4 is 8.72 Å². The Bertz CT molecular complexity index is 471. The highest BCUT2D eigenvalue weighted by Crippen LogP contribution is 2.53. The molecular weight excluding hydrogens is 350 g/mol. The Morgan fingerprint density at radius 3 is 1.89 bits per heavy atom. The van der Waals surface area contributed by atoms with Gasteiger partial charge in [0.15, 0.2) is 0 Å². The summed E-state index contributed by atoms with van der Waals surface area (Å²) >= 11 is 0. The normalized spacial score (nSPS) is 34.2. The van der Waals surface area contributed by atoms with E-state index in [2.05, 4.69) is 46.1 Å². The van der Waals surface area contributed by atoms with Crippen LogP contribution in [-0.2, 0) is 8.85 Å². The van der Waals surface area contributed by atoms with Crippen molar-refractivity contribution in [3.63, 3.8) is 0 Å². The van der Waals surface area contributed by atoms with E-state index in [1.54, 1.807) is 0 Å². The fourth-order valence-corrected chi connectivity index (χ4v) is 12.1. The molecule has 0 aromatic rings. The van der Waals surface area contributed by atoms with E-state index < -0.39 is 8.72 Å². The molecule has 4 heteroatoms. The van der Waals surface area contributed by atoms with Crippen LogP contribution in [0.5, 0.6) is 0 Å². The molecule has 0 aromatic heterocycles. The molecule has 158 valence electrons. The molecule has 2 saturated carbocycles. The van der Waals surface area contributed by atoms with Crippen LogP contribution in [0.3, 0.4) is 0 Å². The maximum absolute atomic E-state index is 6.84. The number of hydrogen-bond acceptors (Lipinski definition) is 3. The van der Waals surface area contributed by atoms with Crippen LogP contribution >= 0.6 is 0 Å².